The number of aromatic nitrogens is 2. The first-order valence-corrected chi connectivity index (χ1v) is 10.2. The van der Waals surface area contributed by atoms with Gasteiger partial charge >= 0.3 is 11.6 Å². The third-order valence-electron chi connectivity index (χ3n) is 5.64. The zero-order valence-corrected chi connectivity index (χ0v) is 18.2. The van der Waals surface area contributed by atoms with Crippen molar-refractivity contribution in [3.8, 4) is 11.4 Å². The number of rotatable bonds is 4. The maximum Gasteiger partial charge on any atom is 0.359 e. The number of fused-ring (bicyclic) bond motifs is 4. The average molecular weight is 463 g/mol. The molecule has 3 heterocycles. The topological polar surface area (TPSA) is 104 Å². The van der Waals surface area contributed by atoms with E-state index in [1.165, 1.54) is 36.5 Å². The van der Waals surface area contributed by atoms with Gasteiger partial charge in [0, 0.05) is 30.1 Å². The number of methoxy groups -OCH3 is 1. The van der Waals surface area contributed by atoms with Gasteiger partial charge in [-0.25, -0.2) is 19.0 Å². The molecule has 10 heteroatoms. The summed E-state index contributed by atoms with van der Waals surface area (Å²) in [5, 5.41) is 0.596. The lowest BCUT2D eigenvalue weighted by Crippen LogP contribution is -2.26. The Morgan fingerprint density at radius 3 is 2.79 bits per heavy atom. The fraction of sp³-hybridized carbons (Fsp3) is 0.167. The van der Waals surface area contributed by atoms with Crippen LogP contribution in [0.2, 0.25) is 0 Å². The summed E-state index contributed by atoms with van der Waals surface area (Å²) in [5.41, 5.74) is 1.19. The lowest BCUT2D eigenvalue weighted by molar-refractivity contribution is 0.0463. The van der Waals surface area contributed by atoms with Crippen LogP contribution in [0.4, 0.5) is 4.39 Å². The largest absolute Gasteiger partial charge is 0.497 e. The highest BCUT2D eigenvalue weighted by Crippen LogP contribution is 2.27. The Morgan fingerprint density at radius 1 is 1.18 bits per heavy atom. The fourth-order valence-electron chi connectivity index (χ4n) is 3.96. The second-order valence-corrected chi connectivity index (χ2v) is 7.76. The highest BCUT2D eigenvalue weighted by Gasteiger charge is 2.29. The van der Waals surface area contributed by atoms with Gasteiger partial charge in [0.25, 0.3) is 5.91 Å². The first kappa shape index (κ1) is 21.4. The van der Waals surface area contributed by atoms with Crippen molar-refractivity contribution in [2.24, 2.45) is 0 Å². The van der Waals surface area contributed by atoms with Crippen molar-refractivity contribution < 1.29 is 27.9 Å². The lowest BCUT2D eigenvalue weighted by atomic mass is 10.1. The number of carbonyl (C=O) groups is 2. The minimum atomic E-state index is -0.727. The molecule has 2 aromatic carbocycles. The number of carbonyl (C=O) groups excluding carboxylic acids is 2. The Balaban J connectivity index is 1.47. The molecule has 2 aromatic heterocycles. The third kappa shape index (κ3) is 3.58. The van der Waals surface area contributed by atoms with E-state index in [1.807, 2.05) is 0 Å². The first-order chi connectivity index (χ1) is 16.4. The van der Waals surface area contributed by atoms with Crippen molar-refractivity contribution in [3.63, 3.8) is 0 Å². The van der Waals surface area contributed by atoms with Crippen LogP contribution < -0.4 is 10.4 Å². The molecule has 172 valence electrons. The molecule has 1 aliphatic heterocycles. The second-order valence-electron chi connectivity index (χ2n) is 7.76. The fourth-order valence-corrected chi connectivity index (χ4v) is 3.96. The van der Waals surface area contributed by atoms with Gasteiger partial charge in [0.1, 0.15) is 30.1 Å². The molecule has 0 saturated heterocycles. The molecule has 0 atom stereocenters. The van der Waals surface area contributed by atoms with Crippen molar-refractivity contribution >= 4 is 22.8 Å². The molecule has 9 nitrogen and oxygen atoms in total. The monoisotopic (exact) mass is 463 g/mol. The summed E-state index contributed by atoms with van der Waals surface area (Å²) in [6.45, 7) is -0.132. The van der Waals surface area contributed by atoms with Crippen LogP contribution in [0.25, 0.3) is 16.7 Å². The summed E-state index contributed by atoms with van der Waals surface area (Å²) in [7, 11) is 3.05. The molecular weight excluding hydrogens is 445 g/mol. The van der Waals surface area contributed by atoms with E-state index >= 15 is 0 Å². The van der Waals surface area contributed by atoms with E-state index in [-0.39, 0.29) is 30.3 Å². The minimum absolute atomic E-state index is 0.0192. The number of esters is 1. The number of hydrogen-bond donors (Lipinski definition) is 0. The van der Waals surface area contributed by atoms with Crippen molar-refractivity contribution in [2.45, 2.75) is 13.2 Å². The number of ether oxygens (including phenoxy) is 2. The molecule has 0 spiro atoms. The van der Waals surface area contributed by atoms with Gasteiger partial charge in [0.15, 0.2) is 5.69 Å². The number of benzene rings is 2. The van der Waals surface area contributed by atoms with Crippen LogP contribution in [-0.2, 0) is 17.9 Å². The van der Waals surface area contributed by atoms with Crippen LogP contribution in [0, 0.1) is 5.82 Å². The van der Waals surface area contributed by atoms with Gasteiger partial charge in [-0.1, -0.05) is 0 Å². The second kappa shape index (κ2) is 8.14. The average Bonchev–Trinajstić information content (AvgIpc) is 3.20. The molecule has 0 saturated carbocycles. The van der Waals surface area contributed by atoms with Crippen LogP contribution in [0.5, 0.6) is 5.75 Å². The molecule has 0 radical (unpaired) electrons. The molecule has 1 aliphatic rings. The van der Waals surface area contributed by atoms with E-state index in [0.717, 1.165) is 6.07 Å². The van der Waals surface area contributed by atoms with Gasteiger partial charge in [0.2, 0.25) is 0 Å². The van der Waals surface area contributed by atoms with Crippen molar-refractivity contribution in [3.05, 3.63) is 87.5 Å². The van der Waals surface area contributed by atoms with E-state index in [2.05, 4.69) is 4.98 Å². The smallest absolute Gasteiger partial charge is 0.359 e. The first-order valence-electron chi connectivity index (χ1n) is 10.2. The van der Waals surface area contributed by atoms with Gasteiger partial charge < -0.3 is 18.8 Å². The Bertz CT molecular complexity index is 1520. The molecule has 1 amide bonds. The molecule has 0 N–H and O–H groups in total. The molecule has 5 rings (SSSR count). The van der Waals surface area contributed by atoms with E-state index in [0.29, 0.717) is 33.7 Å². The van der Waals surface area contributed by atoms with E-state index in [4.69, 9.17) is 13.9 Å². The van der Waals surface area contributed by atoms with E-state index in [9.17, 15) is 18.8 Å². The van der Waals surface area contributed by atoms with Crippen molar-refractivity contribution in [2.75, 3.05) is 14.2 Å². The third-order valence-corrected chi connectivity index (χ3v) is 5.64. The molecule has 0 aliphatic carbocycles. The predicted octanol–water partition coefficient (Wildman–Crippen LogP) is 3.07. The number of imidazole rings is 1. The van der Waals surface area contributed by atoms with Gasteiger partial charge in [-0.05, 0) is 30.3 Å². The SMILES string of the molecule is COc1ccc2c(COC(=O)c3ncn4c3CN(C)C(=O)c3cc(F)ccc3-4)cc(=O)oc2c1. The molecule has 4 aromatic rings. The zero-order valence-electron chi connectivity index (χ0n) is 18.2. The van der Waals surface area contributed by atoms with Crippen LogP contribution in [0.3, 0.4) is 0 Å². The highest BCUT2D eigenvalue weighted by molar-refractivity contribution is 5.99. The Labute approximate surface area is 191 Å². The highest BCUT2D eigenvalue weighted by atomic mass is 19.1. The molecule has 0 bridgehead atoms. The quantitative estimate of drug-likeness (QED) is 0.338. The summed E-state index contributed by atoms with van der Waals surface area (Å²) in [5.74, 6) is -1.13. The van der Waals surface area contributed by atoms with Crippen LogP contribution in [0.15, 0.2) is 58.0 Å². The molecule has 34 heavy (non-hydrogen) atoms. The predicted molar refractivity (Wildman–Crippen MR) is 117 cm³/mol. The number of amides is 1. The molecular formula is C24H18FN3O6. The normalized spacial score (nSPS) is 12.8. The maximum atomic E-state index is 13.8. The summed E-state index contributed by atoms with van der Waals surface area (Å²) in [6, 6.07) is 10.1. The standard InChI is InChI=1S/C24H18FN3O6/c1-27-10-19-22(26-12-28(19)18-6-3-14(25)8-17(18)23(27)30)24(31)33-11-13-7-21(29)34-20-9-15(32-2)4-5-16(13)20/h3-9,12H,10-11H2,1-2H3. The number of nitrogens with zero attached hydrogens (tertiary/aromatic N) is 3. The number of halogens is 1. The Kier molecular flexibility index (Phi) is 5.12. The summed E-state index contributed by atoms with van der Waals surface area (Å²) in [4.78, 5) is 43.2. The van der Waals surface area contributed by atoms with Gasteiger partial charge in [-0.3, -0.25) is 9.36 Å². The molecule has 0 unspecified atom stereocenters. The lowest BCUT2D eigenvalue weighted by Gasteiger charge is -2.14. The maximum absolute atomic E-state index is 13.8. The van der Waals surface area contributed by atoms with E-state index < -0.39 is 17.4 Å². The molecule has 0 fully saturated rings. The van der Waals surface area contributed by atoms with Crippen LogP contribution in [-0.4, -0.2) is 40.5 Å². The van der Waals surface area contributed by atoms with Crippen molar-refractivity contribution in [1.29, 1.82) is 0 Å². The Hall–Kier alpha value is -4.47. The number of hydrogen-bond acceptors (Lipinski definition) is 7. The van der Waals surface area contributed by atoms with Gasteiger partial charge in [0.05, 0.1) is 30.6 Å². The Morgan fingerprint density at radius 2 is 2.00 bits per heavy atom. The zero-order chi connectivity index (χ0) is 24.0. The van der Waals surface area contributed by atoms with E-state index in [1.54, 1.807) is 29.8 Å². The summed E-state index contributed by atoms with van der Waals surface area (Å²) in [6.07, 6.45) is 1.40. The van der Waals surface area contributed by atoms with Crippen LogP contribution in [0.1, 0.15) is 32.1 Å². The van der Waals surface area contributed by atoms with Gasteiger partial charge in [-0.2, -0.15) is 0 Å². The van der Waals surface area contributed by atoms with Crippen molar-refractivity contribution in [1.82, 2.24) is 14.5 Å². The van der Waals surface area contributed by atoms with Crippen LogP contribution >= 0.6 is 0 Å². The van der Waals surface area contributed by atoms with Gasteiger partial charge in [-0.15, -0.1) is 0 Å². The summed E-state index contributed by atoms with van der Waals surface area (Å²) < 4.78 is 31.2. The summed E-state index contributed by atoms with van der Waals surface area (Å²) >= 11 is 0. The minimum Gasteiger partial charge on any atom is -0.497 e.